The summed E-state index contributed by atoms with van der Waals surface area (Å²) in [5.41, 5.74) is 2.53. The quantitative estimate of drug-likeness (QED) is 0.379. The van der Waals surface area contributed by atoms with Crippen molar-refractivity contribution in [3.05, 3.63) is 83.4 Å². The molecule has 5 nitrogen and oxygen atoms in total. The molecule has 1 fully saturated rings. The van der Waals surface area contributed by atoms with Gasteiger partial charge in [0.1, 0.15) is 0 Å². The summed E-state index contributed by atoms with van der Waals surface area (Å²) in [6, 6.07) is 17.0. The maximum Gasteiger partial charge on any atom is 0.337 e. The number of methoxy groups -OCH3 is 1. The zero-order chi connectivity index (χ0) is 23.6. The van der Waals surface area contributed by atoms with Gasteiger partial charge in [-0.1, -0.05) is 61.2 Å². The Morgan fingerprint density at radius 1 is 1.21 bits per heavy atom. The number of aliphatic hydroxyl groups excluding tert-OH is 1. The minimum absolute atomic E-state index is 0.00339. The van der Waals surface area contributed by atoms with E-state index in [-0.39, 0.29) is 23.8 Å². The molecule has 1 aliphatic rings. The highest BCUT2D eigenvalue weighted by molar-refractivity contribution is 5.89. The first-order valence-electron chi connectivity index (χ1n) is 11.3. The van der Waals surface area contributed by atoms with Crippen LogP contribution >= 0.6 is 0 Å². The highest BCUT2D eigenvalue weighted by Gasteiger charge is 2.28. The van der Waals surface area contributed by atoms with E-state index in [1.807, 2.05) is 60.4 Å². The van der Waals surface area contributed by atoms with E-state index in [1.54, 1.807) is 18.2 Å². The Morgan fingerprint density at radius 2 is 1.94 bits per heavy atom. The van der Waals surface area contributed by atoms with E-state index < -0.39 is 6.10 Å². The van der Waals surface area contributed by atoms with Gasteiger partial charge in [-0.3, -0.25) is 4.79 Å². The predicted octanol–water partition coefficient (Wildman–Crippen LogP) is 4.00. The van der Waals surface area contributed by atoms with Crippen molar-refractivity contribution in [1.82, 2.24) is 4.90 Å². The van der Waals surface area contributed by atoms with Crippen molar-refractivity contribution in [1.29, 1.82) is 0 Å². The topological polar surface area (TPSA) is 66.8 Å². The van der Waals surface area contributed by atoms with Gasteiger partial charge in [-0.25, -0.2) is 4.79 Å². The molecule has 5 heteroatoms. The molecule has 1 heterocycles. The molecule has 0 radical (unpaired) electrons. The fourth-order valence-corrected chi connectivity index (χ4v) is 3.81. The van der Waals surface area contributed by atoms with Crippen LogP contribution in [0.1, 0.15) is 47.7 Å². The second-order valence-electron chi connectivity index (χ2n) is 8.36. The van der Waals surface area contributed by atoms with Crippen LogP contribution in [0.15, 0.2) is 66.7 Å². The number of amides is 1. The van der Waals surface area contributed by atoms with Gasteiger partial charge >= 0.3 is 5.97 Å². The van der Waals surface area contributed by atoms with Gasteiger partial charge in [0.2, 0.25) is 5.91 Å². The molecule has 3 atom stereocenters. The van der Waals surface area contributed by atoms with Gasteiger partial charge in [-0.2, -0.15) is 0 Å². The summed E-state index contributed by atoms with van der Waals surface area (Å²) in [4.78, 5) is 25.8. The summed E-state index contributed by atoms with van der Waals surface area (Å²) >= 11 is 0. The second kappa shape index (κ2) is 12.0. The number of aliphatic hydroxyl groups is 1. The monoisotopic (exact) mass is 445 g/mol. The molecular formula is C28H31NO4. The lowest BCUT2D eigenvalue weighted by Crippen LogP contribution is -2.34. The van der Waals surface area contributed by atoms with E-state index in [0.717, 1.165) is 17.5 Å². The number of carbonyl (C=O) groups is 2. The maximum atomic E-state index is 12.4. The first-order valence-corrected chi connectivity index (χ1v) is 11.3. The number of hydrogen-bond donors (Lipinski definition) is 1. The van der Waals surface area contributed by atoms with E-state index in [0.29, 0.717) is 31.4 Å². The minimum Gasteiger partial charge on any atom is -0.465 e. The Hall–Kier alpha value is -3.36. The highest BCUT2D eigenvalue weighted by Crippen LogP contribution is 2.21. The molecule has 1 aliphatic heterocycles. The third kappa shape index (κ3) is 7.06. The van der Waals surface area contributed by atoms with Crippen molar-refractivity contribution in [2.45, 2.75) is 44.8 Å². The SMILES string of the molecule is COC(=O)c1ccc(CCN2C(=O)CCC2C=C[C@@H](O)[C@@H](C)CC#Cc2ccccc2)cc1. The van der Waals surface area contributed by atoms with Crippen LogP contribution in [0.2, 0.25) is 0 Å². The number of hydrogen-bond acceptors (Lipinski definition) is 4. The number of likely N-dealkylation sites (tertiary alicyclic amines) is 1. The number of esters is 1. The van der Waals surface area contributed by atoms with Crippen molar-refractivity contribution < 1.29 is 19.4 Å². The Labute approximate surface area is 196 Å². The molecule has 172 valence electrons. The van der Waals surface area contributed by atoms with Crippen molar-refractivity contribution in [2.75, 3.05) is 13.7 Å². The van der Waals surface area contributed by atoms with Crippen LogP contribution in [0.4, 0.5) is 0 Å². The largest absolute Gasteiger partial charge is 0.465 e. The lowest BCUT2D eigenvalue weighted by atomic mass is 9.99. The second-order valence-corrected chi connectivity index (χ2v) is 8.36. The fourth-order valence-electron chi connectivity index (χ4n) is 3.81. The van der Waals surface area contributed by atoms with Gasteiger partial charge in [0.25, 0.3) is 0 Å². The van der Waals surface area contributed by atoms with E-state index >= 15 is 0 Å². The third-order valence-electron chi connectivity index (χ3n) is 5.94. The Balaban J connectivity index is 1.52. The van der Waals surface area contributed by atoms with Crippen LogP contribution in [-0.4, -0.2) is 47.7 Å². The molecule has 0 spiro atoms. The number of carbonyl (C=O) groups excluding carboxylic acids is 2. The van der Waals surface area contributed by atoms with Gasteiger partial charge in [-0.05, 0) is 48.6 Å². The van der Waals surface area contributed by atoms with Crippen LogP contribution < -0.4 is 0 Å². The van der Waals surface area contributed by atoms with Gasteiger partial charge < -0.3 is 14.7 Å². The molecule has 1 unspecified atom stereocenters. The molecule has 1 N–H and O–H groups in total. The standard InChI is InChI=1S/C28H31NO4/c1-21(7-6-10-22-8-4-3-5-9-22)26(30)17-15-25-16-18-27(31)29(25)20-19-23-11-13-24(14-12-23)28(32)33-2/h3-5,8-9,11-15,17,21,25-26,30H,7,16,18-20H2,1-2H3/t21-,25?,26+/m0/s1. The summed E-state index contributed by atoms with van der Waals surface area (Å²) in [6.07, 6.45) is 5.71. The lowest BCUT2D eigenvalue weighted by Gasteiger charge is -2.23. The van der Waals surface area contributed by atoms with Crippen LogP contribution in [0.25, 0.3) is 0 Å². The third-order valence-corrected chi connectivity index (χ3v) is 5.94. The molecule has 1 amide bonds. The molecule has 2 aromatic rings. The number of nitrogens with zero attached hydrogens (tertiary/aromatic N) is 1. The number of rotatable bonds is 8. The summed E-state index contributed by atoms with van der Waals surface area (Å²) < 4.78 is 4.72. The van der Waals surface area contributed by atoms with Crippen LogP contribution in [0.5, 0.6) is 0 Å². The van der Waals surface area contributed by atoms with E-state index in [2.05, 4.69) is 11.8 Å². The highest BCUT2D eigenvalue weighted by atomic mass is 16.5. The number of benzene rings is 2. The molecule has 0 saturated carbocycles. The van der Waals surface area contributed by atoms with Gasteiger partial charge in [0, 0.05) is 24.9 Å². The van der Waals surface area contributed by atoms with Crippen molar-refractivity contribution >= 4 is 11.9 Å². The van der Waals surface area contributed by atoms with Gasteiger partial charge in [0.05, 0.1) is 24.8 Å². The molecular weight excluding hydrogens is 414 g/mol. The average molecular weight is 446 g/mol. The van der Waals surface area contributed by atoms with Crippen molar-refractivity contribution in [3.8, 4) is 11.8 Å². The predicted molar refractivity (Wildman–Crippen MR) is 128 cm³/mol. The molecule has 2 aromatic carbocycles. The van der Waals surface area contributed by atoms with Crippen molar-refractivity contribution in [3.63, 3.8) is 0 Å². The zero-order valence-electron chi connectivity index (χ0n) is 19.2. The van der Waals surface area contributed by atoms with Crippen LogP contribution in [0.3, 0.4) is 0 Å². The molecule has 0 bridgehead atoms. The molecule has 33 heavy (non-hydrogen) atoms. The summed E-state index contributed by atoms with van der Waals surface area (Å²) in [7, 11) is 1.36. The Kier molecular flexibility index (Phi) is 8.86. The average Bonchev–Trinajstić information content (AvgIpc) is 3.20. The minimum atomic E-state index is -0.613. The van der Waals surface area contributed by atoms with Gasteiger partial charge in [-0.15, -0.1) is 0 Å². The lowest BCUT2D eigenvalue weighted by molar-refractivity contribution is -0.128. The summed E-state index contributed by atoms with van der Waals surface area (Å²) in [5, 5.41) is 10.5. The summed E-state index contributed by atoms with van der Waals surface area (Å²) in [5.74, 6) is 6.03. The molecule has 1 saturated heterocycles. The smallest absolute Gasteiger partial charge is 0.337 e. The maximum absolute atomic E-state index is 12.4. The van der Waals surface area contributed by atoms with E-state index in [4.69, 9.17) is 4.74 Å². The van der Waals surface area contributed by atoms with E-state index in [1.165, 1.54) is 7.11 Å². The van der Waals surface area contributed by atoms with E-state index in [9.17, 15) is 14.7 Å². The number of ether oxygens (including phenoxy) is 1. The zero-order valence-corrected chi connectivity index (χ0v) is 19.2. The molecule has 0 aromatic heterocycles. The van der Waals surface area contributed by atoms with Crippen molar-refractivity contribution in [2.24, 2.45) is 5.92 Å². The van der Waals surface area contributed by atoms with Crippen LogP contribution in [-0.2, 0) is 16.0 Å². The molecule has 0 aliphatic carbocycles. The normalized spacial score (nSPS) is 17.5. The first-order chi connectivity index (χ1) is 16.0. The Bertz CT molecular complexity index is 1020. The Morgan fingerprint density at radius 3 is 2.64 bits per heavy atom. The summed E-state index contributed by atoms with van der Waals surface area (Å²) in [6.45, 7) is 2.57. The van der Waals surface area contributed by atoms with Crippen LogP contribution in [0, 0.1) is 17.8 Å². The fraction of sp³-hybridized carbons (Fsp3) is 0.357. The first kappa shape index (κ1) is 24.3. The molecule has 3 rings (SSSR count). The van der Waals surface area contributed by atoms with Gasteiger partial charge in [0.15, 0.2) is 0 Å².